The average Bonchev–Trinajstić information content (AvgIpc) is 3.59. The number of hydrogen-bond acceptors (Lipinski definition) is 4. The largest absolute Gasteiger partial charge is 0.377 e. The molecule has 6 rings (SSSR count). The number of nitrogens with zero attached hydrogens (tertiary/aromatic N) is 4. The van der Waals surface area contributed by atoms with Crippen LogP contribution in [0.15, 0.2) is 30.6 Å². The van der Waals surface area contributed by atoms with Crippen molar-refractivity contribution in [1.82, 2.24) is 30.0 Å². The van der Waals surface area contributed by atoms with Gasteiger partial charge in [-0.05, 0) is 43.9 Å². The van der Waals surface area contributed by atoms with Crippen LogP contribution in [0.25, 0.3) is 27.9 Å². The number of aromatic amines is 1. The molecule has 0 saturated carbocycles. The van der Waals surface area contributed by atoms with Crippen LogP contribution >= 0.6 is 0 Å². The first-order valence-corrected chi connectivity index (χ1v) is 11.5. The molecule has 1 atom stereocenters. The van der Waals surface area contributed by atoms with Crippen molar-refractivity contribution in [2.24, 2.45) is 0 Å². The van der Waals surface area contributed by atoms with Gasteiger partial charge < -0.3 is 19.9 Å². The number of urea groups is 1. The first kappa shape index (κ1) is 19.5. The number of hydrogen-bond donors (Lipinski definition) is 2. The summed E-state index contributed by atoms with van der Waals surface area (Å²) in [6, 6.07) is 4.46. The van der Waals surface area contributed by atoms with Crippen LogP contribution in [-0.4, -0.2) is 63.5 Å². The van der Waals surface area contributed by atoms with Crippen LogP contribution in [0.3, 0.4) is 0 Å². The monoisotopic (exact) mass is 432 g/mol. The van der Waals surface area contributed by atoms with Gasteiger partial charge in [0.25, 0.3) is 0 Å². The first-order valence-electron chi connectivity index (χ1n) is 11.5. The van der Waals surface area contributed by atoms with Gasteiger partial charge in [0, 0.05) is 66.2 Å². The molecule has 1 unspecified atom stereocenters. The topological polar surface area (TPSA) is 88.1 Å². The number of amides is 2. The lowest BCUT2D eigenvalue weighted by atomic mass is 9.82. The number of ether oxygens (including phenoxy) is 1. The van der Waals surface area contributed by atoms with E-state index < -0.39 is 0 Å². The second kappa shape index (κ2) is 7.48. The van der Waals surface area contributed by atoms with Crippen LogP contribution in [0, 0.1) is 0 Å². The van der Waals surface area contributed by atoms with Crippen LogP contribution in [-0.2, 0) is 16.7 Å². The Balaban J connectivity index is 1.32. The van der Waals surface area contributed by atoms with Crippen molar-refractivity contribution in [1.29, 1.82) is 0 Å². The van der Waals surface area contributed by atoms with Crippen LogP contribution < -0.4 is 5.32 Å². The van der Waals surface area contributed by atoms with Crippen LogP contribution in [0.1, 0.15) is 37.4 Å². The number of aromatic nitrogens is 4. The number of pyridine rings is 1. The van der Waals surface area contributed by atoms with Gasteiger partial charge in [0.1, 0.15) is 5.65 Å². The third-order valence-electron chi connectivity index (χ3n) is 7.23. The summed E-state index contributed by atoms with van der Waals surface area (Å²) in [5.41, 5.74) is 6.66. The fraction of sp³-hybridized carbons (Fsp3) is 0.458. The molecule has 1 fully saturated rings. The maximum Gasteiger partial charge on any atom is 0.317 e. The van der Waals surface area contributed by atoms with E-state index in [0.717, 1.165) is 67.8 Å². The molecule has 3 aliphatic rings. The molecule has 8 nitrogen and oxygen atoms in total. The zero-order valence-corrected chi connectivity index (χ0v) is 18.4. The van der Waals surface area contributed by atoms with Crippen molar-refractivity contribution in [3.63, 3.8) is 0 Å². The highest BCUT2D eigenvalue weighted by molar-refractivity contribution is 5.93. The number of likely N-dealkylation sites (tertiary alicyclic amines) is 1. The van der Waals surface area contributed by atoms with Gasteiger partial charge in [-0.1, -0.05) is 6.08 Å². The third-order valence-corrected chi connectivity index (χ3v) is 7.23. The van der Waals surface area contributed by atoms with Crippen molar-refractivity contribution in [3.8, 4) is 11.3 Å². The summed E-state index contributed by atoms with van der Waals surface area (Å²) >= 11 is 0. The highest BCUT2D eigenvalue weighted by Crippen LogP contribution is 2.44. The normalized spacial score (nSPS) is 22.5. The fourth-order valence-corrected chi connectivity index (χ4v) is 5.51. The van der Waals surface area contributed by atoms with Crippen LogP contribution in [0.5, 0.6) is 0 Å². The number of aryl methyl sites for hydroxylation is 1. The van der Waals surface area contributed by atoms with Crippen LogP contribution in [0.2, 0.25) is 0 Å². The van der Waals surface area contributed by atoms with E-state index in [9.17, 15) is 4.79 Å². The predicted molar refractivity (Wildman–Crippen MR) is 122 cm³/mol. The molecule has 3 aromatic heterocycles. The van der Waals surface area contributed by atoms with E-state index in [1.807, 2.05) is 18.0 Å². The summed E-state index contributed by atoms with van der Waals surface area (Å²) in [4.78, 5) is 22.3. The Morgan fingerprint density at radius 3 is 3.06 bits per heavy atom. The summed E-state index contributed by atoms with van der Waals surface area (Å²) in [7, 11) is 0. The van der Waals surface area contributed by atoms with Crippen molar-refractivity contribution in [3.05, 3.63) is 41.9 Å². The molecule has 32 heavy (non-hydrogen) atoms. The Kier molecular flexibility index (Phi) is 4.57. The molecule has 0 aromatic carbocycles. The quantitative estimate of drug-likeness (QED) is 0.665. The van der Waals surface area contributed by atoms with E-state index in [1.165, 1.54) is 16.8 Å². The molecule has 2 N–H and O–H groups in total. The van der Waals surface area contributed by atoms with E-state index >= 15 is 0 Å². The van der Waals surface area contributed by atoms with E-state index in [2.05, 4.69) is 44.4 Å². The van der Waals surface area contributed by atoms with Crippen molar-refractivity contribution < 1.29 is 9.53 Å². The van der Waals surface area contributed by atoms with Gasteiger partial charge in [-0.3, -0.25) is 4.68 Å². The molecule has 0 radical (unpaired) electrons. The third kappa shape index (κ3) is 3.04. The van der Waals surface area contributed by atoms with Gasteiger partial charge in [0.15, 0.2) is 0 Å². The molecule has 0 aliphatic carbocycles. The van der Waals surface area contributed by atoms with Gasteiger partial charge in [0.05, 0.1) is 18.9 Å². The highest BCUT2D eigenvalue weighted by atomic mass is 16.5. The van der Waals surface area contributed by atoms with Crippen molar-refractivity contribution in [2.75, 3.05) is 32.8 Å². The summed E-state index contributed by atoms with van der Waals surface area (Å²) in [5.74, 6) is 0. The molecule has 1 saturated heterocycles. The second-order valence-corrected chi connectivity index (χ2v) is 9.05. The summed E-state index contributed by atoms with van der Waals surface area (Å²) in [5, 5.41) is 9.00. The molecule has 8 heteroatoms. The Morgan fingerprint density at radius 1 is 1.31 bits per heavy atom. The molecular weight excluding hydrogens is 404 g/mol. The minimum atomic E-state index is 0.0139. The Hall–Kier alpha value is -3.13. The second-order valence-electron chi connectivity index (χ2n) is 9.05. The minimum Gasteiger partial charge on any atom is -0.377 e. The van der Waals surface area contributed by atoms with E-state index in [4.69, 9.17) is 9.84 Å². The van der Waals surface area contributed by atoms with E-state index in [1.54, 1.807) is 0 Å². The van der Waals surface area contributed by atoms with Gasteiger partial charge >= 0.3 is 6.03 Å². The average molecular weight is 433 g/mol. The van der Waals surface area contributed by atoms with Gasteiger partial charge in [-0.15, -0.1) is 0 Å². The minimum absolute atomic E-state index is 0.0139. The van der Waals surface area contributed by atoms with Crippen molar-refractivity contribution >= 4 is 22.6 Å². The van der Waals surface area contributed by atoms with E-state index in [-0.39, 0.29) is 11.4 Å². The SMILES string of the molecule is CCNC(=O)N1CCC2(CCn3nc(-c4cnc5[nH]cc(C6=CCOCC6)c5c4)cc32)C1. The summed E-state index contributed by atoms with van der Waals surface area (Å²) in [6.07, 6.45) is 9.07. The molecule has 2 amide bonds. The van der Waals surface area contributed by atoms with Crippen LogP contribution in [0.4, 0.5) is 4.79 Å². The number of nitrogens with one attached hydrogen (secondary N) is 2. The smallest absolute Gasteiger partial charge is 0.317 e. The van der Waals surface area contributed by atoms with Gasteiger partial charge in [-0.2, -0.15) is 5.10 Å². The maximum atomic E-state index is 12.4. The standard InChI is InChI=1S/C24H28N6O2/c1-2-25-23(31)29-7-5-24(15-29)6-8-30-21(24)12-20(28-30)17-11-18-19(14-27-22(18)26-13-17)16-3-9-32-10-4-16/h3,11-14H,2,4-10,15H2,1H3,(H,25,31)(H,26,27). The zero-order valence-electron chi connectivity index (χ0n) is 18.4. The lowest BCUT2D eigenvalue weighted by Crippen LogP contribution is -2.40. The zero-order chi connectivity index (χ0) is 21.7. The van der Waals surface area contributed by atoms with Gasteiger partial charge in [0.2, 0.25) is 0 Å². The first-order chi connectivity index (χ1) is 15.7. The predicted octanol–water partition coefficient (Wildman–Crippen LogP) is 3.31. The number of rotatable bonds is 3. The molecule has 3 aliphatic heterocycles. The lowest BCUT2D eigenvalue weighted by molar-refractivity contribution is 0.161. The highest BCUT2D eigenvalue weighted by Gasteiger charge is 2.46. The molecule has 1 spiro atoms. The number of carbonyl (C=O) groups is 1. The molecule has 0 bridgehead atoms. The number of fused-ring (bicyclic) bond motifs is 3. The molecular formula is C24H28N6O2. The molecule has 6 heterocycles. The summed E-state index contributed by atoms with van der Waals surface area (Å²) in [6.45, 7) is 6.50. The fourth-order valence-electron chi connectivity index (χ4n) is 5.51. The number of H-pyrrole nitrogens is 1. The molecule has 166 valence electrons. The Morgan fingerprint density at radius 2 is 2.22 bits per heavy atom. The summed E-state index contributed by atoms with van der Waals surface area (Å²) < 4.78 is 7.61. The maximum absolute atomic E-state index is 12.4. The Labute approximate surface area is 186 Å². The van der Waals surface area contributed by atoms with Crippen molar-refractivity contribution in [2.45, 2.75) is 38.1 Å². The molecule has 3 aromatic rings. The number of carbonyl (C=O) groups excluding carboxylic acids is 1. The van der Waals surface area contributed by atoms with Gasteiger partial charge in [-0.25, -0.2) is 9.78 Å². The lowest BCUT2D eigenvalue weighted by Gasteiger charge is -2.23. The van der Waals surface area contributed by atoms with E-state index in [0.29, 0.717) is 13.2 Å². The Bertz CT molecular complexity index is 1220.